The molecule has 1 aliphatic heterocycles. The van der Waals surface area contributed by atoms with Gasteiger partial charge in [0.25, 0.3) is 5.91 Å². The summed E-state index contributed by atoms with van der Waals surface area (Å²) in [6.45, 7) is 8.70. The SMILES string of the molecule is Cc1cc(NC(=O)N(Cc2ccsc2)C2CCN([C@H](C)CCNC(=O)c3c(C)cc(Cl)nc3Cl)CC2)n[nH]1. The van der Waals surface area contributed by atoms with Gasteiger partial charge < -0.3 is 15.1 Å². The Balaban J connectivity index is 1.29. The van der Waals surface area contributed by atoms with Crippen LogP contribution in [0.25, 0.3) is 0 Å². The number of carbonyl (C=O) groups excluding carboxylic acids is 2. The number of H-pyrrole nitrogens is 1. The monoisotopic (exact) mass is 577 g/mol. The second-order valence-corrected chi connectivity index (χ2v) is 11.2. The number of nitrogens with one attached hydrogen (secondary N) is 3. The highest BCUT2D eigenvalue weighted by Gasteiger charge is 2.30. The molecule has 3 N–H and O–H groups in total. The van der Waals surface area contributed by atoms with Gasteiger partial charge in [0.05, 0.1) is 5.56 Å². The fraction of sp³-hybridized carbons (Fsp3) is 0.462. The summed E-state index contributed by atoms with van der Waals surface area (Å²) in [5.74, 6) is 0.284. The first-order chi connectivity index (χ1) is 18.2. The summed E-state index contributed by atoms with van der Waals surface area (Å²) >= 11 is 13.7. The van der Waals surface area contributed by atoms with E-state index in [1.807, 2.05) is 23.3 Å². The van der Waals surface area contributed by atoms with Crippen LogP contribution in [0.15, 0.2) is 29.0 Å². The Labute approximate surface area is 236 Å². The number of urea groups is 1. The Hall–Kier alpha value is -2.66. The van der Waals surface area contributed by atoms with Crippen molar-refractivity contribution in [3.8, 4) is 0 Å². The average Bonchev–Trinajstić information content (AvgIpc) is 3.53. The largest absolute Gasteiger partial charge is 0.352 e. The van der Waals surface area contributed by atoms with Crippen molar-refractivity contribution in [2.75, 3.05) is 25.0 Å². The third kappa shape index (κ3) is 7.25. The molecule has 4 heterocycles. The van der Waals surface area contributed by atoms with E-state index in [4.69, 9.17) is 23.2 Å². The van der Waals surface area contributed by atoms with Crippen LogP contribution in [0, 0.1) is 13.8 Å². The summed E-state index contributed by atoms with van der Waals surface area (Å²) < 4.78 is 0. The molecule has 1 aliphatic rings. The van der Waals surface area contributed by atoms with Gasteiger partial charge in [-0.1, -0.05) is 23.2 Å². The minimum atomic E-state index is -0.246. The number of aromatic nitrogens is 3. The first kappa shape index (κ1) is 28.4. The number of amides is 3. The fourth-order valence-electron chi connectivity index (χ4n) is 4.78. The van der Waals surface area contributed by atoms with Crippen LogP contribution in [-0.2, 0) is 6.54 Å². The van der Waals surface area contributed by atoms with E-state index in [9.17, 15) is 9.59 Å². The number of pyridine rings is 1. The lowest BCUT2D eigenvalue weighted by molar-refractivity contribution is 0.0919. The highest BCUT2D eigenvalue weighted by molar-refractivity contribution is 7.07. The number of likely N-dealkylation sites (tertiary alicyclic amines) is 1. The molecule has 204 valence electrons. The second-order valence-electron chi connectivity index (χ2n) is 9.71. The van der Waals surface area contributed by atoms with Gasteiger partial charge in [-0.25, -0.2) is 9.78 Å². The lowest BCUT2D eigenvalue weighted by Crippen LogP contribution is -2.50. The molecule has 1 atom stereocenters. The molecule has 3 amide bonds. The molecule has 0 aromatic carbocycles. The molecule has 4 rings (SSSR count). The summed E-state index contributed by atoms with van der Waals surface area (Å²) in [5.41, 5.74) is 3.08. The van der Waals surface area contributed by atoms with Gasteiger partial charge in [0.15, 0.2) is 5.82 Å². The van der Waals surface area contributed by atoms with Crippen LogP contribution in [0.2, 0.25) is 10.3 Å². The zero-order valence-electron chi connectivity index (χ0n) is 21.8. The van der Waals surface area contributed by atoms with E-state index >= 15 is 0 Å². The average molecular weight is 579 g/mol. The van der Waals surface area contributed by atoms with Crippen LogP contribution >= 0.6 is 34.5 Å². The summed E-state index contributed by atoms with van der Waals surface area (Å²) in [7, 11) is 0. The predicted octanol–water partition coefficient (Wildman–Crippen LogP) is 5.50. The molecule has 0 spiro atoms. The number of thiophene rings is 1. The van der Waals surface area contributed by atoms with E-state index in [0.29, 0.717) is 30.0 Å². The molecule has 1 saturated heterocycles. The van der Waals surface area contributed by atoms with Crippen LogP contribution in [0.4, 0.5) is 10.6 Å². The predicted molar refractivity (Wildman–Crippen MR) is 152 cm³/mol. The van der Waals surface area contributed by atoms with Gasteiger partial charge in [0.1, 0.15) is 10.3 Å². The normalized spacial score (nSPS) is 15.3. The summed E-state index contributed by atoms with van der Waals surface area (Å²) in [4.78, 5) is 34.2. The van der Waals surface area contributed by atoms with Crippen molar-refractivity contribution < 1.29 is 9.59 Å². The van der Waals surface area contributed by atoms with E-state index in [1.54, 1.807) is 24.3 Å². The van der Waals surface area contributed by atoms with Gasteiger partial charge in [0, 0.05) is 50.0 Å². The fourth-order valence-corrected chi connectivity index (χ4v) is 6.06. The van der Waals surface area contributed by atoms with E-state index in [1.165, 1.54) is 0 Å². The Morgan fingerprint density at radius 1 is 1.26 bits per heavy atom. The number of piperidine rings is 1. The van der Waals surface area contributed by atoms with Crippen LogP contribution in [-0.4, -0.2) is 68.6 Å². The Morgan fingerprint density at radius 2 is 2.03 bits per heavy atom. The van der Waals surface area contributed by atoms with Gasteiger partial charge in [-0.15, -0.1) is 0 Å². The maximum Gasteiger partial charge on any atom is 0.323 e. The third-order valence-corrected chi connectivity index (χ3v) is 8.11. The van der Waals surface area contributed by atoms with Crippen molar-refractivity contribution in [2.45, 2.75) is 58.7 Å². The zero-order chi connectivity index (χ0) is 27.2. The quantitative estimate of drug-likeness (QED) is 0.291. The van der Waals surface area contributed by atoms with E-state index in [0.717, 1.165) is 43.6 Å². The van der Waals surface area contributed by atoms with Gasteiger partial charge in [-0.2, -0.15) is 16.4 Å². The summed E-state index contributed by atoms with van der Waals surface area (Å²) in [5, 5.41) is 17.4. The lowest BCUT2D eigenvalue weighted by atomic mass is 10.0. The van der Waals surface area contributed by atoms with E-state index in [2.05, 4.69) is 49.1 Å². The second kappa shape index (κ2) is 12.9. The van der Waals surface area contributed by atoms with Crippen LogP contribution in [0.3, 0.4) is 0 Å². The molecular weight excluding hydrogens is 545 g/mol. The van der Waals surface area contributed by atoms with Crippen LogP contribution in [0.1, 0.15) is 53.4 Å². The molecule has 0 aliphatic carbocycles. The van der Waals surface area contributed by atoms with Gasteiger partial charge in [-0.3, -0.25) is 15.2 Å². The molecule has 0 unspecified atom stereocenters. The molecule has 1 fully saturated rings. The van der Waals surface area contributed by atoms with Crippen molar-refractivity contribution in [1.29, 1.82) is 0 Å². The molecule has 38 heavy (non-hydrogen) atoms. The number of halogens is 2. The number of hydrogen-bond acceptors (Lipinski definition) is 6. The van der Waals surface area contributed by atoms with E-state index < -0.39 is 0 Å². The smallest absolute Gasteiger partial charge is 0.323 e. The molecule has 12 heteroatoms. The minimum absolute atomic E-state index is 0.112. The summed E-state index contributed by atoms with van der Waals surface area (Å²) in [6, 6.07) is 5.78. The Kier molecular flexibility index (Phi) is 9.64. The molecule has 0 bridgehead atoms. The van der Waals surface area contributed by atoms with E-state index in [-0.39, 0.29) is 34.3 Å². The lowest BCUT2D eigenvalue weighted by Gasteiger charge is -2.40. The highest BCUT2D eigenvalue weighted by Crippen LogP contribution is 2.24. The first-order valence-electron chi connectivity index (χ1n) is 12.7. The van der Waals surface area contributed by atoms with Crippen molar-refractivity contribution in [3.63, 3.8) is 0 Å². The third-order valence-electron chi connectivity index (χ3n) is 6.91. The topological polar surface area (TPSA) is 106 Å². The van der Waals surface area contributed by atoms with Crippen molar-refractivity contribution in [1.82, 2.24) is 30.3 Å². The number of hydrogen-bond donors (Lipinski definition) is 3. The number of aromatic amines is 1. The van der Waals surface area contributed by atoms with Crippen LogP contribution < -0.4 is 10.6 Å². The number of anilines is 1. The van der Waals surface area contributed by atoms with Gasteiger partial charge in [-0.05, 0) is 74.1 Å². The molecule has 0 radical (unpaired) electrons. The maximum atomic E-state index is 13.2. The van der Waals surface area contributed by atoms with Gasteiger partial charge in [0.2, 0.25) is 0 Å². The summed E-state index contributed by atoms with van der Waals surface area (Å²) in [6.07, 6.45) is 2.55. The number of nitrogens with zero attached hydrogens (tertiary/aromatic N) is 4. The van der Waals surface area contributed by atoms with Crippen molar-refractivity contribution in [3.05, 3.63) is 61.6 Å². The highest BCUT2D eigenvalue weighted by atomic mass is 35.5. The standard InChI is InChI=1S/C26H33Cl2N7O2S/c1-16-12-21(27)30-24(28)23(16)25(36)29-8-4-18(3)34-9-5-20(6-10-34)35(14-19-7-11-38-15-19)26(37)31-22-13-17(2)32-33-22/h7,11-13,15,18,20H,4-6,8-10,14H2,1-3H3,(H,29,36)(H2,31,32,33,37)/t18-/m1/s1. The molecule has 9 nitrogen and oxygen atoms in total. The Morgan fingerprint density at radius 3 is 2.66 bits per heavy atom. The van der Waals surface area contributed by atoms with Crippen molar-refractivity contribution >= 4 is 52.3 Å². The zero-order valence-corrected chi connectivity index (χ0v) is 24.1. The minimum Gasteiger partial charge on any atom is -0.352 e. The number of rotatable bonds is 9. The van der Waals surface area contributed by atoms with Crippen molar-refractivity contribution in [2.24, 2.45) is 0 Å². The molecule has 3 aromatic heterocycles. The Bertz CT molecular complexity index is 1220. The number of aryl methyl sites for hydroxylation is 2. The van der Waals surface area contributed by atoms with Gasteiger partial charge >= 0.3 is 6.03 Å². The molecular formula is C26H33Cl2N7O2S. The number of carbonyl (C=O) groups is 2. The molecule has 0 saturated carbocycles. The molecule has 3 aromatic rings. The van der Waals surface area contributed by atoms with Crippen LogP contribution in [0.5, 0.6) is 0 Å². The maximum absolute atomic E-state index is 13.2. The first-order valence-corrected chi connectivity index (χ1v) is 14.4.